The van der Waals surface area contributed by atoms with E-state index in [1.54, 1.807) is 0 Å². The Morgan fingerprint density at radius 3 is 2.67 bits per heavy atom. The van der Waals surface area contributed by atoms with Gasteiger partial charge < -0.3 is 15.2 Å². The van der Waals surface area contributed by atoms with Gasteiger partial charge in [-0.3, -0.25) is 4.79 Å². The van der Waals surface area contributed by atoms with Crippen LogP contribution in [0, 0.1) is 28.6 Å². The summed E-state index contributed by atoms with van der Waals surface area (Å²) in [6, 6.07) is 4.44. The monoisotopic (exact) mass is 325 g/mol. The fourth-order valence-electron chi connectivity index (χ4n) is 3.93. The van der Waals surface area contributed by atoms with Crippen molar-refractivity contribution in [2.45, 2.75) is 45.1 Å². The van der Waals surface area contributed by atoms with Crippen molar-refractivity contribution in [2.24, 2.45) is 5.92 Å². The van der Waals surface area contributed by atoms with Gasteiger partial charge in [-0.15, -0.1) is 0 Å². The molecule has 3 rings (SSSR count). The molecule has 1 unspecified atom stereocenters. The van der Waals surface area contributed by atoms with Crippen molar-refractivity contribution in [3.63, 3.8) is 0 Å². The van der Waals surface area contributed by atoms with E-state index in [2.05, 4.69) is 34.3 Å². The summed E-state index contributed by atoms with van der Waals surface area (Å²) in [6.07, 6.45) is 3.64. The maximum atomic E-state index is 12.5. The molecule has 0 radical (unpaired) electrons. The minimum absolute atomic E-state index is 0.0792. The highest BCUT2D eigenvalue weighted by Crippen LogP contribution is 2.35. The van der Waals surface area contributed by atoms with Crippen LogP contribution in [0.4, 0.5) is 5.69 Å². The van der Waals surface area contributed by atoms with Crippen molar-refractivity contribution < 1.29 is 0 Å². The lowest BCUT2D eigenvalue weighted by Gasteiger charge is -2.36. The second-order valence-electron chi connectivity index (χ2n) is 6.69. The van der Waals surface area contributed by atoms with Crippen LogP contribution in [0.3, 0.4) is 0 Å². The molecule has 0 spiro atoms. The number of aromatic nitrogens is 1. The predicted molar refractivity (Wildman–Crippen MR) is 91.7 cm³/mol. The standard InChI is InChI=1S/C18H23N5O/c1-2-3-13-10-21-11-15-16(13)22-18(24)14(9-20)17(15)23-6-4-12(8-19)5-7-23/h12-13,21H,2-7,10-11H2,1H3,(H,22,24). The molecule has 1 aromatic heterocycles. The number of hydrogen-bond acceptors (Lipinski definition) is 5. The van der Waals surface area contributed by atoms with Gasteiger partial charge in [-0.25, -0.2) is 0 Å². The second-order valence-corrected chi connectivity index (χ2v) is 6.69. The van der Waals surface area contributed by atoms with Gasteiger partial charge in [0.15, 0.2) is 0 Å². The normalized spacial score (nSPS) is 21.0. The topological polar surface area (TPSA) is 95.7 Å². The Kier molecular flexibility index (Phi) is 4.87. The van der Waals surface area contributed by atoms with Crippen molar-refractivity contribution in [1.29, 1.82) is 10.5 Å². The minimum Gasteiger partial charge on any atom is -0.370 e. The summed E-state index contributed by atoms with van der Waals surface area (Å²) in [7, 11) is 0. The Hall–Kier alpha value is -2.31. The van der Waals surface area contributed by atoms with E-state index in [9.17, 15) is 10.1 Å². The van der Waals surface area contributed by atoms with Crippen LogP contribution in [0.25, 0.3) is 0 Å². The first-order valence-corrected chi connectivity index (χ1v) is 8.74. The smallest absolute Gasteiger partial charge is 0.268 e. The van der Waals surface area contributed by atoms with Gasteiger partial charge in [0.1, 0.15) is 11.6 Å². The number of piperidine rings is 1. The van der Waals surface area contributed by atoms with Crippen LogP contribution in [-0.2, 0) is 6.54 Å². The number of nitrogens with one attached hydrogen (secondary N) is 2. The predicted octanol–water partition coefficient (Wildman–Crippen LogP) is 1.97. The Morgan fingerprint density at radius 1 is 1.29 bits per heavy atom. The van der Waals surface area contributed by atoms with Gasteiger partial charge >= 0.3 is 0 Å². The highest BCUT2D eigenvalue weighted by atomic mass is 16.1. The zero-order valence-electron chi connectivity index (χ0n) is 14.1. The van der Waals surface area contributed by atoms with E-state index in [0.29, 0.717) is 6.54 Å². The summed E-state index contributed by atoms with van der Waals surface area (Å²) >= 11 is 0. The zero-order valence-corrected chi connectivity index (χ0v) is 14.1. The fraction of sp³-hybridized carbons (Fsp3) is 0.611. The summed E-state index contributed by atoms with van der Waals surface area (Å²) < 4.78 is 0. The number of anilines is 1. The van der Waals surface area contributed by atoms with Crippen LogP contribution in [0.2, 0.25) is 0 Å². The van der Waals surface area contributed by atoms with Crippen LogP contribution in [0.5, 0.6) is 0 Å². The number of aromatic amines is 1. The van der Waals surface area contributed by atoms with E-state index in [1.165, 1.54) is 0 Å². The molecule has 6 heteroatoms. The summed E-state index contributed by atoms with van der Waals surface area (Å²) in [6.45, 7) is 5.12. The van der Waals surface area contributed by atoms with Crippen molar-refractivity contribution in [3.05, 3.63) is 27.2 Å². The highest BCUT2D eigenvalue weighted by Gasteiger charge is 2.30. The van der Waals surface area contributed by atoms with Gasteiger partial charge in [-0.1, -0.05) is 13.3 Å². The number of H-pyrrole nitrogens is 1. The molecule has 0 aromatic carbocycles. The third-order valence-corrected chi connectivity index (χ3v) is 5.17. The molecule has 2 aliphatic heterocycles. The van der Waals surface area contributed by atoms with Crippen LogP contribution in [-0.4, -0.2) is 24.6 Å². The average molecular weight is 325 g/mol. The first kappa shape index (κ1) is 16.5. The first-order chi connectivity index (χ1) is 11.7. The van der Waals surface area contributed by atoms with Gasteiger partial charge in [0, 0.05) is 49.3 Å². The molecule has 0 saturated carbocycles. The minimum atomic E-state index is -0.281. The van der Waals surface area contributed by atoms with E-state index >= 15 is 0 Å². The zero-order chi connectivity index (χ0) is 17.1. The second kappa shape index (κ2) is 7.07. The van der Waals surface area contributed by atoms with Crippen LogP contribution >= 0.6 is 0 Å². The largest absolute Gasteiger partial charge is 0.370 e. The first-order valence-electron chi connectivity index (χ1n) is 8.74. The van der Waals surface area contributed by atoms with E-state index in [4.69, 9.17) is 5.26 Å². The molecule has 1 fully saturated rings. The van der Waals surface area contributed by atoms with Crippen LogP contribution in [0.15, 0.2) is 4.79 Å². The lowest BCUT2D eigenvalue weighted by atomic mass is 9.89. The third kappa shape index (κ3) is 2.90. The maximum Gasteiger partial charge on any atom is 0.268 e. The van der Waals surface area contributed by atoms with Gasteiger partial charge in [0.05, 0.1) is 11.8 Å². The molecule has 6 nitrogen and oxygen atoms in total. The van der Waals surface area contributed by atoms with Crippen LogP contribution < -0.4 is 15.8 Å². The number of rotatable bonds is 3. The van der Waals surface area contributed by atoms with Gasteiger partial charge in [0.25, 0.3) is 5.56 Å². The number of fused-ring (bicyclic) bond motifs is 1. The van der Waals surface area contributed by atoms with Crippen molar-refractivity contribution in [3.8, 4) is 12.1 Å². The van der Waals surface area contributed by atoms with Crippen molar-refractivity contribution >= 4 is 5.69 Å². The molecule has 0 aliphatic carbocycles. The summed E-state index contributed by atoms with van der Waals surface area (Å²) in [5, 5.41) is 22.1. The lowest BCUT2D eigenvalue weighted by molar-refractivity contribution is 0.475. The number of nitrogens with zero attached hydrogens (tertiary/aromatic N) is 3. The Bertz CT molecular complexity index is 746. The van der Waals surface area contributed by atoms with Crippen molar-refractivity contribution in [1.82, 2.24) is 10.3 Å². The molecule has 2 aliphatic rings. The Labute approximate surface area is 142 Å². The summed E-state index contributed by atoms with van der Waals surface area (Å²) in [4.78, 5) is 17.6. The molecule has 24 heavy (non-hydrogen) atoms. The van der Waals surface area contributed by atoms with E-state index in [1.807, 2.05) is 0 Å². The average Bonchev–Trinajstić information content (AvgIpc) is 2.61. The highest BCUT2D eigenvalue weighted by molar-refractivity contribution is 5.66. The molecular formula is C18H23N5O. The number of nitriles is 2. The van der Waals surface area contributed by atoms with Gasteiger partial charge in [-0.05, 0) is 19.3 Å². The molecule has 0 bridgehead atoms. The molecule has 1 saturated heterocycles. The Morgan fingerprint density at radius 2 is 2.04 bits per heavy atom. The molecule has 126 valence electrons. The summed E-state index contributed by atoms with van der Waals surface area (Å²) in [5.41, 5.74) is 2.78. The molecule has 2 N–H and O–H groups in total. The van der Waals surface area contributed by atoms with Crippen molar-refractivity contribution in [2.75, 3.05) is 24.5 Å². The molecule has 3 heterocycles. The van der Waals surface area contributed by atoms with Gasteiger partial charge in [0.2, 0.25) is 0 Å². The lowest BCUT2D eigenvalue weighted by Crippen LogP contribution is -2.39. The number of hydrogen-bond donors (Lipinski definition) is 2. The Balaban J connectivity index is 2.06. The number of pyridine rings is 1. The molecule has 1 aromatic rings. The van der Waals surface area contributed by atoms with E-state index < -0.39 is 0 Å². The SMILES string of the molecule is CCCC1CNCc2c1[nH]c(=O)c(C#N)c2N1CCC(C#N)CC1. The molecule has 1 atom stereocenters. The maximum absolute atomic E-state index is 12.5. The van der Waals surface area contributed by atoms with Gasteiger partial charge in [-0.2, -0.15) is 10.5 Å². The third-order valence-electron chi connectivity index (χ3n) is 5.17. The van der Waals surface area contributed by atoms with E-state index in [-0.39, 0.29) is 23.0 Å². The fourth-order valence-corrected chi connectivity index (χ4v) is 3.93. The summed E-state index contributed by atoms with van der Waals surface area (Å²) in [5.74, 6) is 0.366. The van der Waals surface area contributed by atoms with E-state index in [0.717, 1.165) is 62.3 Å². The quantitative estimate of drug-likeness (QED) is 0.886. The van der Waals surface area contributed by atoms with Crippen LogP contribution in [0.1, 0.15) is 55.3 Å². The molecule has 0 amide bonds. The molecular weight excluding hydrogens is 302 g/mol.